The first-order valence-electron chi connectivity index (χ1n) is 8.87. The molecular formula is C20H25N3O3. The average molecular weight is 355 g/mol. The molecule has 0 saturated carbocycles. The zero-order valence-electron chi connectivity index (χ0n) is 15.3. The summed E-state index contributed by atoms with van der Waals surface area (Å²) in [6.07, 6.45) is 3.90. The van der Waals surface area contributed by atoms with E-state index in [9.17, 15) is 4.79 Å². The number of benzene rings is 1. The van der Waals surface area contributed by atoms with E-state index in [1.165, 1.54) is 0 Å². The largest absolute Gasteiger partial charge is 0.497 e. The number of piperidine rings is 1. The number of nitrogens with zero attached hydrogens (tertiary/aromatic N) is 2. The second-order valence-electron chi connectivity index (χ2n) is 6.39. The number of hydrogen-bond acceptors (Lipinski definition) is 5. The maximum Gasteiger partial charge on any atom is 0.255 e. The maximum atomic E-state index is 12.5. The van der Waals surface area contributed by atoms with Gasteiger partial charge in [0.2, 0.25) is 0 Å². The summed E-state index contributed by atoms with van der Waals surface area (Å²) in [6, 6.07) is 11.2. The van der Waals surface area contributed by atoms with Gasteiger partial charge in [-0.1, -0.05) is 6.07 Å². The van der Waals surface area contributed by atoms with Crippen molar-refractivity contribution in [2.75, 3.05) is 38.8 Å². The highest BCUT2D eigenvalue weighted by molar-refractivity contribution is 5.97. The van der Waals surface area contributed by atoms with Crippen LogP contribution in [0.5, 0.6) is 11.5 Å². The van der Waals surface area contributed by atoms with E-state index in [1.807, 2.05) is 24.4 Å². The van der Waals surface area contributed by atoms with Crippen LogP contribution in [0.3, 0.4) is 0 Å². The number of nitrogens with one attached hydrogen (secondary N) is 1. The van der Waals surface area contributed by atoms with Crippen LogP contribution < -0.4 is 19.7 Å². The molecular weight excluding hydrogens is 330 g/mol. The highest BCUT2D eigenvalue weighted by Crippen LogP contribution is 2.25. The molecule has 138 valence electrons. The highest BCUT2D eigenvalue weighted by atomic mass is 16.5. The van der Waals surface area contributed by atoms with E-state index >= 15 is 0 Å². The molecule has 2 heterocycles. The van der Waals surface area contributed by atoms with Crippen molar-refractivity contribution in [3.05, 3.63) is 48.2 Å². The molecule has 6 heteroatoms. The predicted octanol–water partition coefficient (Wildman–Crippen LogP) is 2.75. The minimum absolute atomic E-state index is 0.114. The molecule has 1 aliphatic heterocycles. The summed E-state index contributed by atoms with van der Waals surface area (Å²) in [5.41, 5.74) is 0.527. The topological polar surface area (TPSA) is 63.7 Å². The van der Waals surface area contributed by atoms with Gasteiger partial charge in [-0.3, -0.25) is 4.79 Å². The Labute approximate surface area is 154 Å². The Morgan fingerprint density at radius 3 is 2.65 bits per heavy atom. The number of carbonyl (C=O) groups is 1. The van der Waals surface area contributed by atoms with Gasteiger partial charge >= 0.3 is 0 Å². The van der Waals surface area contributed by atoms with Crippen molar-refractivity contribution in [2.24, 2.45) is 5.92 Å². The number of carbonyl (C=O) groups excluding carboxylic acids is 1. The van der Waals surface area contributed by atoms with Gasteiger partial charge < -0.3 is 19.7 Å². The Bertz CT molecular complexity index is 728. The first kappa shape index (κ1) is 18.0. The van der Waals surface area contributed by atoms with Gasteiger partial charge in [0.25, 0.3) is 5.91 Å². The molecule has 1 aromatic heterocycles. The van der Waals surface area contributed by atoms with Crippen LogP contribution >= 0.6 is 0 Å². The average Bonchev–Trinajstić information content (AvgIpc) is 2.72. The zero-order chi connectivity index (χ0) is 18.4. The summed E-state index contributed by atoms with van der Waals surface area (Å²) >= 11 is 0. The standard InChI is InChI=1S/C20H25N3O3/c1-25-16-6-7-17(18(13-16)26-2)20(24)22-14-15-8-11-23(12-9-15)19-5-3-4-10-21-19/h3-7,10,13,15H,8-9,11-12,14H2,1-2H3,(H,22,24). The van der Waals surface area contributed by atoms with Crippen molar-refractivity contribution < 1.29 is 14.3 Å². The molecule has 1 saturated heterocycles. The van der Waals surface area contributed by atoms with Crippen molar-refractivity contribution >= 4 is 11.7 Å². The lowest BCUT2D eigenvalue weighted by atomic mass is 9.96. The van der Waals surface area contributed by atoms with Crippen molar-refractivity contribution in [1.29, 1.82) is 0 Å². The SMILES string of the molecule is COc1ccc(C(=O)NCC2CCN(c3ccccn3)CC2)c(OC)c1. The van der Waals surface area contributed by atoms with Gasteiger partial charge in [0.15, 0.2) is 0 Å². The molecule has 6 nitrogen and oxygen atoms in total. The van der Waals surface area contributed by atoms with E-state index in [4.69, 9.17) is 9.47 Å². The molecule has 1 amide bonds. The number of hydrogen-bond donors (Lipinski definition) is 1. The van der Waals surface area contributed by atoms with Gasteiger partial charge in [0.1, 0.15) is 17.3 Å². The molecule has 0 atom stereocenters. The second-order valence-corrected chi connectivity index (χ2v) is 6.39. The smallest absolute Gasteiger partial charge is 0.255 e. The van der Waals surface area contributed by atoms with E-state index in [0.29, 0.717) is 29.5 Å². The van der Waals surface area contributed by atoms with Crippen LogP contribution in [0.1, 0.15) is 23.2 Å². The fraction of sp³-hybridized carbons (Fsp3) is 0.400. The van der Waals surface area contributed by atoms with Gasteiger partial charge in [0, 0.05) is 31.9 Å². The number of pyridine rings is 1. The van der Waals surface area contributed by atoms with Crippen LogP contribution in [0, 0.1) is 5.92 Å². The summed E-state index contributed by atoms with van der Waals surface area (Å²) < 4.78 is 10.5. The molecule has 3 rings (SSSR count). The molecule has 2 aromatic rings. The van der Waals surface area contributed by atoms with E-state index in [2.05, 4.69) is 15.2 Å². The fourth-order valence-electron chi connectivity index (χ4n) is 3.23. The number of methoxy groups -OCH3 is 2. The summed E-state index contributed by atoms with van der Waals surface area (Å²) in [6.45, 7) is 2.59. The van der Waals surface area contributed by atoms with Crippen molar-refractivity contribution in [3.8, 4) is 11.5 Å². The van der Waals surface area contributed by atoms with Gasteiger partial charge in [-0.15, -0.1) is 0 Å². The van der Waals surface area contributed by atoms with Crippen molar-refractivity contribution in [3.63, 3.8) is 0 Å². The minimum Gasteiger partial charge on any atom is -0.497 e. The molecule has 1 N–H and O–H groups in total. The van der Waals surface area contributed by atoms with Gasteiger partial charge in [0.05, 0.1) is 19.8 Å². The molecule has 0 spiro atoms. The number of anilines is 1. The third-order valence-electron chi connectivity index (χ3n) is 4.79. The van der Waals surface area contributed by atoms with E-state index < -0.39 is 0 Å². The van der Waals surface area contributed by atoms with E-state index in [1.54, 1.807) is 32.4 Å². The predicted molar refractivity (Wildman–Crippen MR) is 101 cm³/mol. The van der Waals surface area contributed by atoms with Gasteiger partial charge in [-0.05, 0) is 43.0 Å². The lowest BCUT2D eigenvalue weighted by Crippen LogP contribution is -2.39. The summed E-state index contributed by atoms with van der Waals surface area (Å²) in [4.78, 5) is 19.2. The molecule has 1 aromatic carbocycles. The molecule has 1 fully saturated rings. The molecule has 0 aliphatic carbocycles. The van der Waals surface area contributed by atoms with Gasteiger partial charge in [-0.2, -0.15) is 0 Å². The maximum absolute atomic E-state index is 12.5. The molecule has 0 radical (unpaired) electrons. The van der Waals surface area contributed by atoms with Crippen molar-refractivity contribution in [1.82, 2.24) is 10.3 Å². The van der Waals surface area contributed by atoms with Crippen LogP contribution in [0.15, 0.2) is 42.6 Å². The second kappa shape index (κ2) is 8.56. The Balaban J connectivity index is 1.51. The number of rotatable bonds is 6. The Hall–Kier alpha value is -2.76. The first-order valence-corrected chi connectivity index (χ1v) is 8.87. The Kier molecular flexibility index (Phi) is 5.94. The zero-order valence-corrected chi connectivity index (χ0v) is 15.3. The molecule has 0 unspecified atom stereocenters. The number of aromatic nitrogens is 1. The van der Waals surface area contributed by atoms with Crippen molar-refractivity contribution in [2.45, 2.75) is 12.8 Å². The fourth-order valence-corrected chi connectivity index (χ4v) is 3.23. The Morgan fingerprint density at radius 1 is 1.19 bits per heavy atom. The van der Waals surface area contributed by atoms with Crippen LogP contribution in [0.2, 0.25) is 0 Å². The number of amides is 1. The van der Waals surface area contributed by atoms with E-state index in [-0.39, 0.29) is 5.91 Å². The van der Waals surface area contributed by atoms with Crippen LogP contribution in [-0.4, -0.2) is 44.7 Å². The van der Waals surface area contributed by atoms with E-state index in [0.717, 1.165) is 31.7 Å². The lowest BCUT2D eigenvalue weighted by Gasteiger charge is -2.32. The summed E-state index contributed by atoms with van der Waals surface area (Å²) in [7, 11) is 3.14. The third kappa shape index (κ3) is 4.25. The quantitative estimate of drug-likeness (QED) is 0.863. The number of ether oxygens (including phenoxy) is 2. The normalized spacial score (nSPS) is 14.8. The monoisotopic (exact) mass is 355 g/mol. The Morgan fingerprint density at radius 2 is 2.00 bits per heavy atom. The highest BCUT2D eigenvalue weighted by Gasteiger charge is 2.21. The lowest BCUT2D eigenvalue weighted by molar-refractivity contribution is 0.0942. The minimum atomic E-state index is -0.114. The van der Waals surface area contributed by atoms with Crippen LogP contribution in [0.25, 0.3) is 0 Å². The third-order valence-corrected chi connectivity index (χ3v) is 4.79. The molecule has 26 heavy (non-hydrogen) atoms. The molecule has 1 aliphatic rings. The van der Waals surface area contributed by atoms with Crippen LogP contribution in [0.4, 0.5) is 5.82 Å². The summed E-state index contributed by atoms with van der Waals surface area (Å²) in [5, 5.41) is 3.04. The summed E-state index contributed by atoms with van der Waals surface area (Å²) in [5.74, 6) is 2.57. The van der Waals surface area contributed by atoms with Crippen LogP contribution in [-0.2, 0) is 0 Å². The van der Waals surface area contributed by atoms with Gasteiger partial charge in [-0.25, -0.2) is 4.98 Å². The molecule has 0 bridgehead atoms. The first-order chi connectivity index (χ1) is 12.7.